The number of carboxylic acid groups (broad SMARTS) is 1. The normalized spacial score (nSPS) is 12.2. The molecule has 42 heavy (non-hydrogen) atoms. The van der Waals surface area contributed by atoms with Crippen LogP contribution in [0.5, 0.6) is 0 Å². The van der Waals surface area contributed by atoms with E-state index in [4.69, 9.17) is 9.47 Å². The van der Waals surface area contributed by atoms with E-state index in [1.54, 1.807) is 62.4 Å². The van der Waals surface area contributed by atoms with Crippen LogP contribution in [0.3, 0.4) is 0 Å². The van der Waals surface area contributed by atoms with Crippen molar-refractivity contribution in [3.63, 3.8) is 0 Å². The van der Waals surface area contributed by atoms with Crippen molar-refractivity contribution in [2.75, 3.05) is 5.32 Å². The molecule has 10 nitrogen and oxygen atoms in total. The molecular weight excluding hydrogens is 538 g/mol. The largest absolute Gasteiger partial charge is 0.478 e. The van der Waals surface area contributed by atoms with Crippen molar-refractivity contribution >= 4 is 40.9 Å². The molecule has 4 aromatic carbocycles. The lowest BCUT2D eigenvalue weighted by Gasteiger charge is -2.23. The highest BCUT2D eigenvalue weighted by Gasteiger charge is 2.41. The minimum atomic E-state index is -2.15. The van der Waals surface area contributed by atoms with Crippen LogP contribution in [0.25, 0.3) is 0 Å². The number of azo groups is 1. The Labute approximate surface area is 241 Å². The average Bonchev–Trinajstić information content (AvgIpc) is 2.98. The number of carbonyl (C=O) groups excluding carboxylic acids is 3. The van der Waals surface area contributed by atoms with Gasteiger partial charge in [-0.25, -0.2) is 14.4 Å². The zero-order valence-corrected chi connectivity index (χ0v) is 22.8. The molecular formula is C32H27N3O7. The van der Waals surface area contributed by atoms with Gasteiger partial charge in [0.05, 0.1) is 22.5 Å². The maximum atomic E-state index is 13.4. The van der Waals surface area contributed by atoms with Gasteiger partial charge in [-0.05, 0) is 74.5 Å². The minimum absolute atomic E-state index is 0.0747. The number of carboxylic acids is 1. The first-order chi connectivity index (χ1) is 20.2. The highest BCUT2D eigenvalue weighted by atomic mass is 16.6. The molecule has 0 saturated carbocycles. The molecule has 0 bridgehead atoms. The van der Waals surface area contributed by atoms with Crippen LogP contribution in [0.1, 0.15) is 31.8 Å². The molecule has 2 atom stereocenters. The van der Waals surface area contributed by atoms with E-state index in [9.17, 15) is 24.3 Å². The van der Waals surface area contributed by atoms with Crippen molar-refractivity contribution in [2.45, 2.75) is 26.1 Å². The SMILES string of the molecule is Cc1cccc(C(=O)O[C@H](C(=O)O)[C@@H](OC(=O)c2cccc(C)c2)C(=O)Nc2ccc(N=Nc3ccccc3)cc2)c1. The number of ether oxygens (including phenoxy) is 2. The molecule has 212 valence electrons. The summed E-state index contributed by atoms with van der Waals surface area (Å²) < 4.78 is 10.6. The standard InChI is InChI=1S/C32H27N3O7/c1-20-8-6-10-22(18-20)31(39)41-27(28(30(37)38)42-32(40)23-11-7-9-21(2)19-23)29(36)33-24-14-16-26(17-15-24)35-34-25-12-4-3-5-13-25/h3-19,27-28H,1-2H3,(H,33,36)(H,37,38)/t27-,28+/m1/s1. The van der Waals surface area contributed by atoms with Crippen molar-refractivity contribution in [3.05, 3.63) is 125 Å². The number of amides is 1. The second kappa shape index (κ2) is 13.6. The molecule has 0 spiro atoms. The van der Waals surface area contributed by atoms with Crippen LogP contribution in [0.4, 0.5) is 17.1 Å². The Morgan fingerprint density at radius 1 is 0.643 bits per heavy atom. The number of nitrogens with one attached hydrogen (secondary N) is 1. The monoisotopic (exact) mass is 565 g/mol. The lowest BCUT2D eigenvalue weighted by atomic mass is 10.1. The first kappa shape index (κ1) is 29.3. The van der Waals surface area contributed by atoms with Crippen LogP contribution in [-0.2, 0) is 19.1 Å². The molecule has 0 heterocycles. The van der Waals surface area contributed by atoms with Gasteiger partial charge >= 0.3 is 17.9 Å². The van der Waals surface area contributed by atoms with Crippen molar-refractivity contribution in [3.8, 4) is 0 Å². The molecule has 0 saturated heterocycles. The number of hydrogen-bond acceptors (Lipinski definition) is 8. The van der Waals surface area contributed by atoms with Crippen LogP contribution >= 0.6 is 0 Å². The first-order valence-corrected chi connectivity index (χ1v) is 12.9. The van der Waals surface area contributed by atoms with E-state index in [-0.39, 0.29) is 16.8 Å². The van der Waals surface area contributed by atoms with Crippen molar-refractivity contribution < 1.29 is 33.8 Å². The smallest absolute Gasteiger partial charge is 0.349 e. The van der Waals surface area contributed by atoms with Gasteiger partial charge in [0.1, 0.15) is 0 Å². The fraction of sp³-hybridized carbons (Fsp3) is 0.125. The molecule has 0 aromatic heterocycles. The molecule has 2 N–H and O–H groups in total. The highest BCUT2D eigenvalue weighted by molar-refractivity contribution is 6.01. The van der Waals surface area contributed by atoms with Gasteiger partial charge in [0, 0.05) is 5.69 Å². The Balaban J connectivity index is 1.57. The average molecular weight is 566 g/mol. The zero-order valence-electron chi connectivity index (χ0n) is 22.8. The van der Waals surface area contributed by atoms with Gasteiger partial charge in [-0.3, -0.25) is 4.79 Å². The van der Waals surface area contributed by atoms with Gasteiger partial charge in [0.15, 0.2) is 0 Å². The van der Waals surface area contributed by atoms with Crippen LogP contribution in [0.15, 0.2) is 113 Å². The fourth-order valence-corrected chi connectivity index (χ4v) is 3.84. The summed E-state index contributed by atoms with van der Waals surface area (Å²) in [6.07, 6.45) is -4.17. The number of aryl methyl sites for hydroxylation is 2. The van der Waals surface area contributed by atoms with E-state index in [1.807, 2.05) is 18.2 Å². The molecule has 10 heteroatoms. The summed E-state index contributed by atoms with van der Waals surface area (Å²) in [7, 11) is 0. The lowest BCUT2D eigenvalue weighted by molar-refractivity contribution is -0.157. The van der Waals surface area contributed by atoms with Crippen LogP contribution in [0, 0.1) is 13.8 Å². The van der Waals surface area contributed by atoms with E-state index in [0.717, 1.165) is 11.1 Å². The number of nitrogens with zero attached hydrogens (tertiary/aromatic N) is 2. The van der Waals surface area contributed by atoms with Crippen molar-refractivity contribution in [2.24, 2.45) is 10.2 Å². The second-order valence-corrected chi connectivity index (χ2v) is 9.30. The van der Waals surface area contributed by atoms with Crippen molar-refractivity contribution in [1.29, 1.82) is 0 Å². The first-order valence-electron chi connectivity index (χ1n) is 12.9. The number of esters is 2. The predicted octanol–water partition coefficient (Wildman–Crippen LogP) is 6.19. The topological polar surface area (TPSA) is 144 Å². The minimum Gasteiger partial charge on any atom is -0.478 e. The number of benzene rings is 4. The Kier molecular flexibility index (Phi) is 9.52. The number of anilines is 1. The van der Waals surface area contributed by atoms with E-state index >= 15 is 0 Å². The summed E-state index contributed by atoms with van der Waals surface area (Å²) in [5, 5.41) is 20.7. The van der Waals surface area contributed by atoms with Gasteiger partial charge in [0.2, 0.25) is 12.2 Å². The molecule has 0 fully saturated rings. The number of aliphatic carboxylic acids is 1. The maximum absolute atomic E-state index is 13.4. The third-order valence-electron chi connectivity index (χ3n) is 5.92. The molecule has 0 aliphatic heterocycles. The van der Waals surface area contributed by atoms with Crippen LogP contribution in [-0.4, -0.2) is 41.1 Å². The second-order valence-electron chi connectivity index (χ2n) is 9.30. The summed E-state index contributed by atoms with van der Waals surface area (Å²) >= 11 is 0. The van der Waals surface area contributed by atoms with Crippen LogP contribution in [0.2, 0.25) is 0 Å². The number of carbonyl (C=O) groups is 4. The van der Waals surface area contributed by atoms with E-state index in [1.165, 1.54) is 36.4 Å². The molecule has 0 aliphatic rings. The summed E-state index contributed by atoms with van der Waals surface area (Å²) in [6.45, 7) is 3.51. The van der Waals surface area contributed by atoms with Gasteiger partial charge in [-0.15, -0.1) is 0 Å². The van der Waals surface area contributed by atoms with Gasteiger partial charge in [-0.1, -0.05) is 53.6 Å². The van der Waals surface area contributed by atoms with Gasteiger partial charge in [0.25, 0.3) is 5.91 Å². The molecule has 1 amide bonds. The van der Waals surface area contributed by atoms with Crippen LogP contribution < -0.4 is 5.32 Å². The Morgan fingerprint density at radius 2 is 1.14 bits per heavy atom. The van der Waals surface area contributed by atoms with E-state index < -0.39 is 36.0 Å². The van der Waals surface area contributed by atoms with E-state index in [2.05, 4.69) is 15.5 Å². The van der Waals surface area contributed by atoms with Crippen molar-refractivity contribution in [1.82, 2.24) is 0 Å². The Hall–Kier alpha value is -5.64. The molecule has 4 aromatic rings. The molecule has 0 aliphatic carbocycles. The lowest BCUT2D eigenvalue weighted by Crippen LogP contribution is -2.48. The number of rotatable bonds is 10. The zero-order chi connectivity index (χ0) is 30.1. The fourth-order valence-electron chi connectivity index (χ4n) is 3.84. The molecule has 0 unspecified atom stereocenters. The Bertz CT molecular complexity index is 1620. The van der Waals surface area contributed by atoms with Gasteiger partial charge < -0.3 is 19.9 Å². The molecule has 4 rings (SSSR count). The highest BCUT2D eigenvalue weighted by Crippen LogP contribution is 2.21. The quantitative estimate of drug-likeness (QED) is 0.172. The summed E-state index contributed by atoms with van der Waals surface area (Å²) in [5.41, 5.74) is 3.06. The molecule has 0 radical (unpaired) electrons. The summed E-state index contributed by atoms with van der Waals surface area (Å²) in [5.74, 6) is -4.65. The maximum Gasteiger partial charge on any atom is 0.349 e. The summed E-state index contributed by atoms with van der Waals surface area (Å²) in [4.78, 5) is 51.4. The van der Waals surface area contributed by atoms with Gasteiger partial charge in [-0.2, -0.15) is 10.2 Å². The summed E-state index contributed by atoms with van der Waals surface area (Å²) in [6, 6.07) is 28.0. The van der Waals surface area contributed by atoms with E-state index in [0.29, 0.717) is 11.4 Å². The predicted molar refractivity (Wildman–Crippen MR) is 154 cm³/mol. The Morgan fingerprint density at radius 3 is 1.64 bits per heavy atom. The third-order valence-corrected chi connectivity index (χ3v) is 5.92. The third kappa shape index (κ3) is 7.95. The number of hydrogen-bond donors (Lipinski definition) is 2.